The van der Waals surface area contributed by atoms with E-state index in [0.717, 1.165) is 55.4 Å². The Bertz CT molecular complexity index is 1910. The minimum Gasteiger partial charge on any atom is -0.485 e. The van der Waals surface area contributed by atoms with Crippen molar-refractivity contribution in [3.05, 3.63) is 40.4 Å². The molecule has 276 valence electrons. The predicted octanol–water partition coefficient (Wildman–Crippen LogP) is 1.24. The van der Waals surface area contributed by atoms with Gasteiger partial charge in [-0.15, -0.1) is 15.6 Å². The summed E-state index contributed by atoms with van der Waals surface area (Å²) in [6, 6.07) is 3.94. The second-order valence-electron chi connectivity index (χ2n) is 14.3. The molecule has 0 radical (unpaired) electrons. The molecule has 1 aromatic carbocycles. The van der Waals surface area contributed by atoms with Crippen LogP contribution in [-0.2, 0) is 40.3 Å². The number of fused-ring (bicyclic) bond motifs is 4. The van der Waals surface area contributed by atoms with Crippen LogP contribution in [-0.4, -0.2) is 91.8 Å². The molecule has 0 spiro atoms. The summed E-state index contributed by atoms with van der Waals surface area (Å²) in [6.45, 7) is 3.99. The van der Waals surface area contributed by atoms with Crippen LogP contribution >= 0.6 is 11.3 Å². The van der Waals surface area contributed by atoms with E-state index in [1.165, 1.54) is 26.2 Å². The van der Waals surface area contributed by atoms with Gasteiger partial charge in [-0.1, -0.05) is 5.16 Å². The summed E-state index contributed by atoms with van der Waals surface area (Å²) in [5.41, 5.74) is 9.30. The van der Waals surface area contributed by atoms with E-state index in [2.05, 4.69) is 25.1 Å². The number of hydrogen-bond donors (Lipinski definition) is 7. The fourth-order valence-electron chi connectivity index (χ4n) is 7.07. The standard InChI is InChI=1S/C31H40N8O10S2/c1-28(2)22(25(41)39(28)49-51(44,45)46)36-24(40)21(18-15-50-27(33)35-18)38-48-29(3,26(42)43)20-7-5-16-14-17(4-6-19(16)47-20)23(32)37-31-11-8-30(34,9-12-31)10-13-31/h4,6,14-15,20,22H,5,7-13,34H2,1-3H3,(H2,32,37)(H2,33,35)(H,36,40)(H,42,43)(H,44,45,46). The second-order valence-corrected chi connectivity index (χ2v) is 16.2. The van der Waals surface area contributed by atoms with Gasteiger partial charge < -0.3 is 36.8 Å². The zero-order valence-corrected chi connectivity index (χ0v) is 29.7. The number of nitrogen functional groups attached to an aromatic ring is 1. The molecule has 51 heavy (non-hydrogen) atoms. The molecule has 20 heteroatoms. The van der Waals surface area contributed by atoms with E-state index in [1.807, 2.05) is 6.07 Å². The first-order chi connectivity index (χ1) is 23.7. The molecule has 2 bridgehead atoms. The monoisotopic (exact) mass is 748 g/mol. The van der Waals surface area contributed by atoms with Gasteiger partial charge in [0.05, 0.1) is 5.54 Å². The zero-order valence-electron chi connectivity index (χ0n) is 28.1. The van der Waals surface area contributed by atoms with Crippen molar-refractivity contribution in [1.82, 2.24) is 20.7 Å². The number of nitrogens with two attached hydrogens (primary N) is 2. The van der Waals surface area contributed by atoms with E-state index >= 15 is 0 Å². The number of amides is 2. The fraction of sp³-hybridized carbons (Fsp3) is 0.548. The summed E-state index contributed by atoms with van der Waals surface area (Å²) >= 11 is 0.966. The molecule has 3 aliphatic carbocycles. The van der Waals surface area contributed by atoms with Crippen LogP contribution in [0.4, 0.5) is 5.13 Å². The minimum absolute atomic E-state index is 0.0591. The number of hydroxylamine groups is 2. The number of carboxylic acids is 1. The number of anilines is 1. The van der Waals surface area contributed by atoms with Crippen LogP contribution in [0.3, 0.4) is 0 Å². The van der Waals surface area contributed by atoms with Gasteiger partial charge in [-0.3, -0.25) is 19.6 Å². The number of aliphatic carboxylic acids is 1. The maximum atomic E-state index is 13.5. The van der Waals surface area contributed by atoms with Gasteiger partial charge in [0.15, 0.2) is 16.9 Å². The molecule has 4 fully saturated rings. The number of amidine groups is 1. The Morgan fingerprint density at radius 1 is 1.22 bits per heavy atom. The zero-order chi connectivity index (χ0) is 37.1. The van der Waals surface area contributed by atoms with Crippen LogP contribution in [0.25, 0.3) is 0 Å². The number of hydrogen-bond acceptors (Lipinski definition) is 14. The lowest BCUT2D eigenvalue weighted by molar-refractivity contribution is -0.218. The Morgan fingerprint density at radius 2 is 1.88 bits per heavy atom. The summed E-state index contributed by atoms with van der Waals surface area (Å²) in [5, 5.41) is 30.7. The molecule has 2 amide bonds. The lowest BCUT2D eigenvalue weighted by Gasteiger charge is -2.52. The highest BCUT2D eigenvalue weighted by atomic mass is 32.3. The number of thiazole rings is 1. The number of β-lactam (4-membered cyclic amide) rings is 1. The molecule has 3 heterocycles. The van der Waals surface area contributed by atoms with E-state index in [0.29, 0.717) is 28.6 Å². The van der Waals surface area contributed by atoms with Crippen LogP contribution in [0.2, 0.25) is 0 Å². The number of aryl methyl sites for hydroxylation is 1. The van der Waals surface area contributed by atoms with Crippen molar-refractivity contribution in [2.75, 3.05) is 5.73 Å². The third kappa shape index (κ3) is 6.97. The molecule has 3 unspecified atom stereocenters. The number of carbonyl (C=O) groups is 3. The Kier molecular flexibility index (Phi) is 9.06. The van der Waals surface area contributed by atoms with Crippen molar-refractivity contribution in [3.8, 4) is 5.75 Å². The van der Waals surface area contributed by atoms with Gasteiger partial charge in [-0.05, 0) is 95.9 Å². The second kappa shape index (κ2) is 12.7. The van der Waals surface area contributed by atoms with Crippen molar-refractivity contribution in [1.29, 1.82) is 5.41 Å². The molecule has 2 aliphatic heterocycles. The Labute approximate surface area is 297 Å². The van der Waals surface area contributed by atoms with Crippen LogP contribution in [0, 0.1) is 5.41 Å². The maximum absolute atomic E-state index is 13.5. The first-order valence-corrected chi connectivity index (χ1v) is 18.5. The Hall–Kier alpha value is -4.37. The van der Waals surface area contributed by atoms with Crippen molar-refractivity contribution in [2.45, 2.75) is 107 Å². The number of aromatic nitrogens is 1. The normalized spacial score (nSPS) is 28.1. The highest BCUT2D eigenvalue weighted by Gasteiger charge is 2.58. The third-order valence-electron chi connectivity index (χ3n) is 10.5. The number of nitrogens with zero attached hydrogens (tertiary/aromatic N) is 3. The highest BCUT2D eigenvalue weighted by Crippen LogP contribution is 2.45. The molecule has 7 rings (SSSR count). The molecular weight excluding hydrogens is 709 g/mol. The topological polar surface area (TPSA) is 282 Å². The number of benzene rings is 1. The Morgan fingerprint density at radius 3 is 2.45 bits per heavy atom. The van der Waals surface area contributed by atoms with E-state index in [-0.39, 0.29) is 28.3 Å². The molecule has 1 saturated heterocycles. The molecule has 3 atom stereocenters. The summed E-state index contributed by atoms with van der Waals surface area (Å²) < 4.78 is 41.9. The van der Waals surface area contributed by atoms with Gasteiger partial charge in [-0.25, -0.2) is 9.78 Å². The van der Waals surface area contributed by atoms with Gasteiger partial charge in [-0.2, -0.15) is 13.5 Å². The Balaban J connectivity index is 1.18. The summed E-state index contributed by atoms with van der Waals surface area (Å²) in [6.07, 6.45) is 5.05. The highest BCUT2D eigenvalue weighted by molar-refractivity contribution is 7.80. The molecule has 1 aromatic heterocycles. The predicted molar refractivity (Wildman–Crippen MR) is 182 cm³/mol. The largest absolute Gasteiger partial charge is 0.485 e. The molecule has 2 aromatic rings. The van der Waals surface area contributed by atoms with Gasteiger partial charge in [0.1, 0.15) is 23.3 Å². The maximum Gasteiger partial charge on any atom is 0.418 e. The first-order valence-electron chi connectivity index (χ1n) is 16.2. The average molecular weight is 749 g/mol. The van der Waals surface area contributed by atoms with Crippen molar-refractivity contribution >= 4 is 56.2 Å². The van der Waals surface area contributed by atoms with Crippen LogP contribution in [0.1, 0.15) is 82.5 Å². The summed E-state index contributed by atoms with van der Waals surface area (Å²) in [7, 11) is -5.03. The molecule has 18 nitrogen and oxygen atoms in total. The lowest BCUT2D eigenvalue weighted by atomic mass is 9.62. The number of rotatable bonds is 11. The minimum atomic E-state index is -5.03. The van der Waals surface area contributed by atoms with E-state index in [9.17, 15) is 27.9 Å². The van der Waals surface area contributed by atoms with E-state index in [1.54, 1.807) is 12.1 Å². The molecule has 9 N–H and O–H groups in total. The molecular formula is C31H40N8O10S2. The summed E-state index contributed by atoms with van der Waals surface area (Å²) in [4.78, 5) is 48.5. The van der Waals surface area contributed by atoms with Crippen molar-refractivity contribution in [2.24, 2.45) is 10.9 Å². The van der Waals surface area contributed by atoms with Crippen LogP contribution < -0.4 is 26.8 Å². The van der Waals surface area contributed by atoms with Gasteiger partial charge in [0, 0.05) is 22.0 Å². The fourth-order valence-corrected chi connectivity index (χ4v) is 8.07. The quantitative estimate of drug-likeness (QED) is 0.0560. The number of oxime groups is 1. The molecule has 3 saturated carbocycles. The number of ether oxygens (including phenoxy) is 1. The van der Waals surface area contributed by atoms with Gasteiger partial charge in [0.25, 0.3) is 17.4 Å². The van der Waals surface area contributed by atoms with Gasteiger partial charge in [0.2, 0.25) is 0 Å². The van der Waals surface area contributed by atoms with E-state index in [4.69, 9.17) is 31.0 Å². The first kappa shape index (κ1) is 36.4. The van der Waals surface area contributed by atoms with E-state index < -0.39 is 57.2 Å². The number of nitrogens with one attached hydrogen (secondary N) is 3. The van der Waals surface area contributed by atoms with Gasteiger partial charge >= 0.3 is 16.4 Å². The smallest absolute Gasteiger partial charge is 0.418 e. The number of carbonyl (C=O) groups excluding carboxylic acids is 2. The SMILES string of the molecule is CC(ON=C(C(=O)NC1C(=O)N(OS(=O)(=O)O)C1(C)C)c1csc(N)n1)(C(=O)O)C1CCc2cc(C(=N)NC34CCC(N)(CC3)CC4)ccc2O1. The molecule has 5 aliphatic rings. The average Bonchev–Trinajstić information content (AvgIpc) is 3.51. The summed E-state index contributed by atoms with van der Waals surface area (Å²) in [5.74, 6) is -2.73. The van der Waals surface area contributed by atoms with Crippen molar-refractivity contribution in [3.63, 3.8) is 0 Å². The van der Waals surface area contributed by atoms with Crippen LogP contribution in [0.5, 0.6) is 5.75 Å². The lowest BCUT2D eigenvalue weighted by Crippen LogP contribution is -2.76. The third-order valence-corrected chi connectivity index (χ3v) is 11.5. The van der Waals surface area contributed by atoms with Crippen molar-refractivity contribution < 1.29 is 46.3 Å². The number of carboxylic acid groups (broad SMARTS) is 1. The van der Waals surface area contributed by atoms with Crippen LogP contribution in [0.15, 0.2) is 28.7 Å².